The zero-order valence-electron chi connectivity index (χ0n) is 7.20. The molecule has 0 rings (SSSR count). The van der Waals surface area contributed by atoms with Gasteiger partial charge in [0, 0.05) is 0 Å². The molecule has 72 valence electrons. The molecule has 13 heavy (non-hydrogen) atoms. The topological polar surface area (TPSA) is 0 Å². The summed E-state index contributed by atoms with van der Waals surface area (Å²) in [5, 5.41) is 0. The monoisotopic (exact) mass is 222 g/mol. The van der Waals surface area contributed by atoms with Crippen LogP contribution in [0.15, 0.2) is 24.3 Å². The van der Waals surface area contributed by atoms with E-state index in [0.29, 0.717) is 12.8 Å². The maximum absolute atomic E-state index is 11.5. The second-order valence-corrected chi connectivity index (χ2v) is 5.94. The van der Waals surface area contributed by atoms with Gasteiger partial charge < -0.3 is 0 Å². The van der Waals surface area contributed by atoms with E-state index >= 15 is 0 Å². The minimum atomic E-state index is -1.64. The van der Waals surface area contributed by atoms with Crippen LogP contribution >= 0.6 is 0 Å². The van der Waals surface area contributed by atoms with Crippen LogP contribution in [0.2, 0.25) is 5.04 Å². The molecule has 0 aromatic rings. The van der Waals surface area contributed by atoms with Gasteiger partial charge in [-0.05, 0) is 0 Å². The Hall–Kier alpha value is 0.460. The van der Waals surface area contributed by atoms with Crippen LogP contribution in [-0.4, -0.2) is 33.8 Å². The molecule has 0 fully saturated rings. The Balaban J connectivity index is 3.18. The van der Waals surface area contributed by atoms with Gasteiger partial charge in [0.25, 0.3) is 0 Å². The van der Waals surface area contributed by atoms with Crippen LogP contribution in [0.5, 0.6) is 0 Å². The standard InChI is InChI=1S/2C4H5F2.Ca/c2*1-2-3-4(5)6;/h2*3H,1-2H2;. The first-order valence-electron chi connectivity index (χ1n) is 4.15. The third-order valence-electron chi connectivity index (χ3n) is 1.51. The summed E-state index contributed by atoms with van der Waals surface area (Å²) < 4.78 is 47.6. The first kappa shape index (κ1) is 13.5. The van der Waals surface area contributed by atoms with E-state index in [0.717, 1.165) is 17.2 Å². The van der Waals surface area contributed by atoms with Gasteiger partial charge in [-0.15, -0.1) is 0 Å². The number of allylic oxidation sites excluding steroid dienone is 2. The molecule has 0 atom stereocenters. The zero-order chi connectivity index (χ0) is 10.1. The van der Waals surface area contributed by atoms with Gasteiger partial charge in [0.15, 0.2) is 0 Å². The second kappa shape index (κ2) is 9.03. The Morgan fingerprint density at radius 1 is 0.846 bits per heavy atom. The molecule has 0 aliphatic heterocycles. The summed E-state index contributed by atoms with van der Waals surface area (Å²) in [5.41, 5.74) is 0. The van der Waals surface area contributed by atoms with Crippen LogP contribution in [0.25, 0.3) is 0 Å². The van der Waals surface area contributed by atoms with Crippen molar-refractivity contribution < 1.29 is 17.6 Å². The molecule has 0 saturated heterocycles. The zero-order valence-corrected chi connectivity index (χ0v) is 9.41. The first-order valence-corrected chi connectivity index (χ1v) is 7.27. The van der Waals surface area contributed by atoms with Crippen molar-refractivity contribution in [3.05, 3.63) is 24.3 Å². The van der Waals surface area contributed by atoms with Crippen molar-refractivity contribution in [2.75, 3.05) is 0 Å². The van der Waals surface area contributed by atoms with E-state index in [4.69, 9.17) is 0 Å². The third-order valence-corrected chi connectivity index (χ3v) is 4.34. The van der Waals surface area contributed by atoms with Gasteiger partial charge in [-0.3, -0.25) is 0 Å². The molecule has 0 heterocycles. The van der Waals surface area contributed by atoms with E-state index in [1.54, 1.807) is 0 Å². The maximum atomic E-state index is 11.5. The van der Waals surface area contributed by atoms with E-state index in [1.165, 1.54) is 0 Å². The molecule has 0 aliphatic rings. The summed E-state index contributed by atoms with van der Waals surface area (Å²) in [7, 11) is 0. The van der Waals surface area contributed by atoms with Gasteiger partial charge in [0.1, 0.15) is 0 Å². The molecular weight excluding hydrogens is 212 g/mol. The van der Waals surface area contributed by atoms with Crippen molar-refractivity contribution in [3.63, 3.8) is 0 Å². The van der Waals surface area contributed by atoms with Crippen LogP contribution in [0.3, 0.4) is 0 Å². The summed E-state index contributed by atoms with van der Waals surface area (Å²) in [6, 6.07) is 0. The van der Waals surface area contributed by atoms with Crippen molar-refractivity contribution in [1.82, 2.24) is 0 Å². The summed E-state index contributed by atoms with van der Waals surface area (Å²) >= 11 is -0.827. The number of hydrogen-bond acceptors (Lipinski definition) is 0. The molecule has 5 heteroatoms. The average Bonchev–Trinajstić information content (AvgIpc) is 2.01. The Bertz CT molecular complexity index is 161. The SMILES string of the molecule is FC(F)=CC[CH2][Ca][CH2]CC=C(F)F. The van der Waals surface area contributed by atoms with Crippen LogP contribution in [-0.2, 0) is 0 Å². The molecule has 0 aliphatic carbocycles. The molecule has 0 aromatic carbocycles. The Morgan fingerprint density at radius 2 is 1.23 bits per heavy atom. The van der Waals surface area contributed by atoms with Crippen molar-refractivity contribution >= 4 is 33.8 Å². The number of halogens is 4. The molecule has 0 N–H and O–H groups in total. The molecule has 0 aromatic heterocycles. The van der Waals surface area contributed by atoms with Gasteiger partial charge in [0.05, 0.1) is 0 Å². The molecule has 0 saturated carbocycles. The van der Waals surface area contributed by atoms with Gasteiger partial charge >= 0.3 is 93.6 Å². The number of rotatable bonds is 6. The molecule has 0 bridgehead atoms. The molecule has 0 nitrogen and oxygen atoms in total. The predicted molar refractivity (Wildman–Crippen MR) is 45.2 cm³/mol. The fraction of sp³-hybridized carbons (Fsp3) is 0.500. The average molecular weight is 222 g/mol. The molecule has 0 unspecified atom stereocenters. The fourth-order valence-corrected chi connectivity index (χ4v) is 2.98. The second-order valence-electron chi connectivity index (χ2n) is 2.63. The predicted octanol–water partition coefficient (Wildman–Crippen LogP) is 3.87. The third kappa shape index (κ3) is 12.5. The van der Waals surface area contributed by atoms with E-state index in [-0.39, 0.29) is 0 Å². The van der Waals surface area contributed by atoms with Gasteiger partial charge in [0.2, 0.25) is 0 Å². The van der Waals surface area contributed by atoms with Crippen molar-refractivity contribution in [2.24, 2.45) is 0 Å². The van der Waals surface area contributed by atoms with Gasteiger partial charge in [-0.2, -0.15) is 0 Å². The van der Waals surface area contributed by atoms with E-state index in [9.17, 15) is 17.6 Å². The van der Waals surface area contributed by atoms with Gasteiger partial charge in [-0.1, -0.05) is 0 Å². The van der Waals surface area contributed by atoms with E-state index in [1.807, 2.05) is 0 Å². The van der Waals surface area contributed by atoms with E-state index in [2.05, 4.69) is 0 Å². The molecule has 0 spiro atoms. The van der Waals surface area contributed by atoms with Crippen LogP contribution in [0, 0.1) is 0 Å². The van der Waals surface area contributed by atoms with Gasteiger partial charge in [-0.25, -0.2) is 0 Å². The summed E-state index contributed by atoms with van der Waals surface area (Å²) in [5.74, 6) is 0. The Morgan fingerprint density at radius 3 is 1.54 bits per heavy atom. The Labute approximate surface area is 93.0 Å². The number of hydrogen-bond donors (Lipinski definition) is 0. The summed E-state index contributed by atoms with van der Waals surface area (Å²) in [6.07, 6.45) is -0.670. The quantitative estimate of drug-likeness (QED) is 0.363. The van der Waals surface area contributed by atoms with Crippen molar-refractivity contribution in [2.45, 2.75) is 17.9 Å². The summed E-state index contributed by atoms with van der Waals surface area (Å²) in [6.45, 7) is 0. The van der Waals surface area contributed by atoms with Crippen LogP contribution in [0.4, 0.5) is 17.6 Å². The van der Waals surface area contributed by atoms with Crippen molar-refractivity contribution in [3.8, 4) is 0 Å². The molecule has 0 amide bonds. The normalized spacial score (nSPS) is 8.92. The summed E-state index contributed by atoms with van der Waals surface area (Å²) in [4.78, 5) is 0. The molecular formula is C8H10CaF4. The van der Waals surface area contributed by atoms with Crippen LogP contribution < -0.4 is 0 Å². The minimum absolute atomic E-state index is 0.407. The Kier molecular flexibility index (Phi) is 9.35. The molecule has 0 radical (unpaired) electrons. The first-order chi connectivity index (χ1) is 6.13. The van der Waals surface area contributed by atoms with E-state index < -0.39 is 46.0 Å². The fourth-order valence-electron chi connectivity index (χ4n) is 0.888. The van der Waals surface area contributed by atoms with Crippen LogP contribution in [0.1, 0.15) is 12.8 Å². The van der Waals surface area contributed by atoms with Crippen molar-refractivity contribution in [1.29, 1.82) is 0 Å².